The average Bonchev–Trinajstić information content (AvgIpc) is 3.30. The van der Waals surface area contributed by atoms with E-state index in [0.717, 1.165) is 30.2 Å². The van der Waals surface area contributed by atoms with Crippen LogP contribution in [0.5, 0.6) is 0 Å². The lowest BCUT2D eigenvalue weighted by molar-refractivity contribution is 0.0673. The van der Waals surface area contributed by atoms with Gasteiger partial charge in [0.2, 0.25) is 0 Å². The van der Waals surface area contributed by atoms with Crippen molar-refractivity contribution >= 4 is 5.91 Å². The Bertz CT molecular complexity index is 776. The first-order valence-electron chi connectivity index (χ1n) is 9.43. The standard InChI is InChI=1S/C18H26N6O2/c1-12-9-23(10-15-20-21-16(11-26-2)24(12)15)18(25)14-8-19-22-17(14)13-6-4-3-5-7-13/h8,12-13H,3-7,9-11H2,1-2H3,(H,19,22)/t12-/m0/s1. The number of aromatic nitrogens is 5. The van der Waals surface area contributed by atoms with Gasteiger partial charge < -0.3 is 14.2 Å². The first-order chi connectivity index (χ1) is 12.7. The summed E-state index contributed by atoms with van der Waals surface area (Å²) in [4.78, 5) is 15.1. The number of fused-ring (bicyclic) bond motifs is 1. The molecule has 0 aromatic carbocycles. The van der Waals surface area contributed by atoms with Crippen molar-refractivity contribution in [3.63, 3.8) is 0 Å². The van der Waals surface area contributed by atoms with Gasteiger partial charge in [0.15, 0.2) is 11.6 Å². The molecule has 2 aliphatic rings. The summed E-state index contributed by atoms with van der Waals surface area (Å²) in [5.41, 5.74) is 1.73. The summed E-state index contributed by atoms with van der Waals surface area (Å²) in [6.07, 6.45) is 7.69. The Balaban J connectivity index is 1.55. The van der Waals surface area contributed by atoms with Crippen molar-refractivity contribution in [3.8, 4) is 0 Å². The van der Waals surface area contributed by atoms with Crippen LogP contribution in [0.2, 0.25) is 0 Å². The fraction of sp³-hybridized carbons (Fsp3) is 0.667. The molecule has 0 spiro atoms. The third-order valence-electron chi connectivity index (χ3n) is 5.57. The van der Waals surface area contributed by atoms with Crippen molar-refractivity contribution in [2.24, 2.45) is 0 Å². The van der Waals surface area contributed by atoms with Crippen molar-refractivity contribution in [3.05, 3.63) is 29.1 Å². The topological polar surface area (TPSA) is 88.9 Å². The van der Waals surface area contributed by atoms with E-state index >= 15 is 0 Å². The van der Waals surface area contributed by atoms with Gasteiger partial charge in [-0.05, 0) is 19.8 Å². The van der Waals surface area contributed by atoms with E-state index in [2.05, 4.69) is 31.9 Å². The first-order valence-corrected chi connectivity index (χ1v) is 9.43. The second-order valence-corrected chi connectivity index (χ2v) is 7.40. The highest BCUT2D eigenvalue weighted by molar-refractivity contribution is 5.95. The number of amides is 1. The van der Waals surface area contributed by atoms with Crippen LogP contribution in [0.3, 0.4) is 0 Å². The molecule has 140 valence electrons. The second kappa shape index (κ2) is 7.19. The van der Waals surface area contributed by atoms with Crippen LogP contribution in [0.1, 0.15) is 78.7 Å². The average molecular weight is 358 g/mol. The van der Waals surface area contributed by atoms with Gasteiger partial charge in [0, 0.05) is 19.6 Å². The lowest BCUT2D eigenvalue weighted by atomic mass is 9.85. The number of hydrogen-bond acceptors (Lipinski definition) is 5. The van der Waals surface area contributed by atoms with Crippen LogP contribution in [-0.2, 0) is 17.9 Å². The van der Waals surface area contributed by atoms with E-state index in [9.17, 15) is 4.79 Å². The molecule has 4 rings (SSSR count). The number of nitrogens with one attached hydrogen (secondary N) is 1. The van der Waals surface area contributed by atoms with E-state index in [4.69, 9.17) is 4.74 Å². The maximum absolute atomic E-state index is 13.2. The Morgan fingerprint density at radius 3 is 2.88 bits per heavy atom. The summed E-state index contributed by atoms with van der Waals surface area (Å²) in [5, 5.41) is 15.8. The quantitative estimate of drug-likeness (QED) is 0.907. The molecule has 1 aliphatic heterocycles. The zero-order chi connectivity index (χ0) is 18.1. The minimum atomic E-state index is 0.0358. The van der Waals surface area contributed by atoms with Gasteiger partial charge in [0.25, 0.3) is 5.91 Å². The van der Waals surface area contributed by atoms with Crippen molar-refractivity contribution < 1.29 is 9.53 Å². The van der Waals surface area contributed by atoms with Crippen LogP contribution < -0.4 is 0 Å². The van der Waals surface area contributed by atoms with Crippen LogP contribution >= 0.6 is 0 Å². The minimum Gasteiger partial charge on any atom is -0.377 e. The Hall–Kier alpha value is -2.22. The molecule has 1 amide bonds. The van der Waals surface area contributed by atoms with E-state index in [1.54, 1.807) is 13.3 Å². The predicted molar refractivity (Wildman–Crippen MR) is 94.6 cm³/mol. The molecular formula is C18H26N6O2. The van der Waals surface area contributed by atoms with Crippen LogP contribution in [0.15, 0.2) is 6.20 Å². The molecule has 0 radical (unpaired) electrons. The predicted octanol–water partition coefficient (Wildman–Crippen LogP) is 2.41. The number of ether oxygens (including phenoxy) is 1. The molecule has 1 fully saturated rings. The third kappa shape index (κ3) is 3.02. The zero-order valence-corrected chi connectivity index (χ0v) is 15.4. The van der Waals surface area contributed by atoms with Gasteiger partial charge in [-0.1, -0.05) is 19.3 Å². The van der Waals surface area contributed by atoms with Gasteiger partial charge in [0.05, 0.1) is 30.0 Å². The zero-order valence-electron chi connectivity index (χ0n) is 15.4. The van der Waals surface area contributed by atoms with Crippen LogP contribution in [0, 0.1) is 0 Å². The highest BCUT2D eigenvalue weighted by atomic mass is 16.5. The Labute approximate surface area is 152 Å². The van der Waals surface area contributed by atoms with Crippen molar-refractivity contribution in [2.45, 2.75) is 64.1 Å². The van der Waals surface area contributed by atoms with Crippen LogP contribution in [0.25, 0.3) is 0 Å². The van der Waals surface area contributed by atoms with E-state index in [0.29, 0.717) is 31.2 Å². The van der Waals surface area contributed by atoms with Crippen LogP contribution in [0.4, 0.5) is 0 Å². The van der Waals surface area contributed by atoms with E-state index in [1.807, 2.05) is 4.90 Å². The number of methoxy groups -OCH3 is 1. The van der Waals surface area contributed by atoms with Crippen molar-refractivity contribution in [2.75, 3.05) is 13.7 Å². The summed E-state index contributed by atoms with van der Waals surface area (Å²) in [5.74, 6) is 2.08. The molecule has 1 atom stereocenters. The summed E-state index contributed by atoms with van der Waals surface area (Å²) in [7, 11) is 1.65. The number of nitrogens with zero attached hydrogens (tertiary/aromatic N) is 5. The number of carbonyl (C=O) groups is 1. The van der Waals surface area contributed by atoms with E-state index in [-0.39, 0.29) is 11.9 Å². The van der Waals surface area contributed by atoms with Gasteiger partial charge in [-0.25, -0.2) is 0 Å². The molecule has 1 aliphatic carbocycles. The summed E-state index contributed by atoms with van der Waals surface area (Å²) >= 11 is 0. The Morgan fingerprint density at radius 1 is 1.31 bits per heavy atom. The maximum Gasteiger partial charge on any atom is 0.257 e. The molecule has 3 heterocycles. The van der Waals surface area contributed by atoms with E-state index < -0.39 is 0 Å². The highest BCUT2D eigenvalue weighted by Gasteiger charge is 2.32. The third-order valence-corrected chi connectivity index (χ3v) is 5.57. The van der Waals surface area contributed by atoms with Gasteiger partial charge in [-0.2, -0.15) is 5.10 Å². The molecule has 8 nitrogen and oxygen atoms in total. The van der Waals surface area contributed by atoms with Crippen LogP contribution in [-0.4, -0.2) is 49.4 Å². The molecule has 26 heavy (non-hydrogen) atoms. The highest BCUT2D eigenvalue weighted by Crippen LogP contribution is 2.34. The molecule has 1 saturated carbocycles. The lowest BCUT2D eigenvalue weighted by Gasteiger charge is -2.33. The molecule has 0 saturated heterocycles. The minimum absolute atomic E-state index is 0.0358. The lowest BCUT2D eigenvalue weighted by Crippen LogP contribution is -2.41. The fourth-order valence-corrected chi connectivity index (χ4v) is 4.33. The molecular weight excluding hydrogens is 332 g/mol. The largest absolute Gasteiger partial charge is 0.377 e. The smallest absolute Gasteiger partial charge is 0.257 e. The molecule has 1 N–H and O–H groups in total. The van der Waals surface area contributed by atoms with Gasteiger partial charge in [-0.15, -0.1) is 10.2 Å². The molecule has 8 heteroatoms. The number of rotatable bonds is 4. The summed E-state index contributed by atoms with van der Waals surface area (Å²) in [6.45, 7) is 3.62. The first kappa shape index (κ1) is 17.2. The summed E-state index contributed by atoms with van der Waals surface area (Å²) in [6, 6.07) is 0.118. The normalized spacial score (nSPS) is 21.0. The van der Waals surface area contributed by atoms with Gasteiger partial charge >= 0.3 is 0 Å². The maximum atomic E-state index is 13.2. The number of carbonyl (C=O) groups excluding carboxylic acids is 1. The van der Waals surface area contributed by atoms with Crippen molar-refractivity contribution in [1.82, 2.24) is 29.9 Å². The molecule has 2 aromatic rings. The van der Waals surface area contributed by atoms with Gasteiger partial charge in [-0.3, -0.25) is 9.89 Å². The van der Waals surface area contributed by atoms with Gasteiger partial charge in [0.1, 0.15) is 6.61 Å². The number of hydrogen-bond donors (Lipinski definition) is 1. The Kier molecular flexibility index (Phi) is 4.76. The number of H-pyrrole nitrogens is 1. The fourth-order valence-electron chi connectivity index (χ4n) is 4.33. The SMILES string of the molecule is COCc1nnc2n1[C@@H](C)CN(C(=O)c1cn[nH]c1C1CCCCC1)C2. The number of aromatic amines is 1. The molecule has 0 unspecified atom stereocenters. The molecule has 0 bridgehead atoms. The second-order valence-electron chi connectivity index (χ2n) is 7.40. The monoisotopic (exact) mass is 358 g/mol. The summed E-state index contributed by atoms with van der Waals surface area (Å²) < 4.78 is 7.29. The Morgan fingerprint density at radius 2 is 2.12 bits per heavy atom. The van der Waals surface area contributed by atoms with Crippen molar-refractivity contribution in [1.29, 1.82) is 0 Å². The molecule has 2 aromatic heterocycles. The van der Waals surface area contributed by atoms with E-state index in [1.165, 1.54) is 19.3 Å².